The first kappa shape index (κ1) is 13.2. The molecule has 0 spiro atoms. The fraction of sp³-hybridized carbons (Fsp3) is 0.300. The Kier molecular flexibility index (Phi) is 3.69. The largest absolute Gasteiger partial charge is 0.303 e. The second kappa shape index (κ2) is 4.47. The van der Waals surface area contributed by atoms with Gasteiger partial charge in [0.05, 0.1) is 16.0 Å². The molecule has 0 radical (unpaired) electrons. The summed E-state index contributed by atoms with van der Waals surface area (Å²) >= 11 is 26.0. The fourth-order valence-electron chi connectivity index (χ4n) is 1.70. The van der Waals surface area contributed by atoms with Crippen LogP contribution in [-0.4, -0.2) is 10.6 Å². The molecule has 86 valence electrons. The molecule has 0 aromatic heterocycles. The van der Waals surface area contributed by atoms with Crippen LogP contribution in [0, 0.1) is 9.49 Å². The molecule has 1 nitrogen and oxygen atoms in total. The molecule has 1 saturated carbocycles. The maximum absolute atomic E-state index is 10.8. The fourth-order valence-corrected chi connectivity index (χ4v) is 3.60. The van der Waals surface area contributed by atoms with Crippen molar-refractivity contribution in [2.75, 3.05) is 0 Å². The molecular weight excluding hydrogens is 405 g/mol. The summed E-state index contributed by atoms with van der Waals surface area (Å²) in [5.74, 6) is -0.569. The monoisotopic (exact) mass is 408 g/mol. The number of aldehydes is 1. The van der Waals surface area contributed by atoms with E-state index in [0.717, 1.165) is 15.4 Å². The van der Waals surface area contributed by atoms with E-state index in [0.29, 0.717) is 10.0 Å². The van der Waals surface area contributed by atoms with Gasteiger partial charge in [-0.1, -0.05) is 23.2 Å². The first-order valence-electron chi connectivity index (χ1n) is 4.37. The summed E-state index contributed by atoms with van der Waals surface area (Å²) in [6.07, 6.45) is 0.778. The molecule has 0 saturated heterocycles. The topological polar surface area (TPSA) is 17.1 Å². The average Bonchev–Trinajstić information content (AvgIpc) is 2.76. The van der Waals surface area contributed by atoms with Gasteiger partial charge in [0, 0.05) is 9.49 Å². The van der Waals surface area contributed by atoms with Crippen LogP contribution in [0.2, 0.25) is 10.0 Å². The van der Waals surface area contributed by atoms with Crippen molar-refractivity contribution in [1.29, 1.82) is 0 Å². The lowest BCUT2D eigenvalue weighted by atomic mass is 10.1. The summed E-state index contributed by atoms with van der Waals surface area (Å²) in [4.78, 5) is 10.8. The van der Waals surface area contributed by atoms with Gasteiger partial charge in [-0.3, -0.25) is 0 Å². The van der Waals surface area contributed by atoms with Gasteiger partial charge in [-0.25, -0.2) is 0 Å². The Balaban J connectivity index is 2.41. The van der Waals surface area contributed by atoms with Crippen LogP contribution in [-0.2, 0) is 4.79 Å². The average molecular weight is 410 g/mol. The molecule has 1 aliphatic carbocycles. The van der Waals surface area contributed by atoms with Crippen molar-refractivity contribution in [3.05, 3.63) is 31.3 Å². The van der Waals surface area contributed by atoms with E-state index in [-0.39, 0.29) is 11.8 Å². The number of rotatable bonds is 2. The van der Waals surface area contributed by atoms with Gasteiger partial charge >= 0.3 is 0 Å². The minimum absolute atomic E-state index is 0.198. The minimum atomic E-state index is -1.01. The third kappa shape index (κ3) is 2.07. The first-order chi connectivity index (χ1) is 7.39. The van der Waals surface area contributed by atoms with Gasteiger partial charge in [0.15, 0.2) is 0 Å². The molecule has 1 fully saturated rings. The molecule has 0 aliphatic heterocycles. The van der Waals surface area contributed by atoms with Gasteiger partial charge in [-0.15, -0.1) is 23.2 Å². The Labute approximate surface area is 127 Å². The van der Waals surface area contributed by atoms with Crippen LogP contribution in [0.3, 0.4) is 0 Å². The van der Waals surface area contributed by atoms with Crippen LogP contribution < -0.4 is 0 Å². The smallest absolute Gasteiger partial charge is 0.136 e. The molecule has 0 heterocycles. The molecule has 2 atom stereocenters. The van der Waals surface area contributed by atoms with Gasteiger partial charge in [0.2, 0.25) is 0 Å². The van der Waals surface area contributed by atoms with Gasteiger partial charge < -0.3 is 4.79 Å². The summed E-state index contributed by atoms with van der Waals surface area (Å²) in [5.41, 5.74) is 0.848. The highest BCUT2D eigenvalue weighted by molar-refractivity contribution is 14.1. The Morgan fingerprint density at radius 2 is 1.94 bits per heavy atom. The van der Waals surface area contributed by atoms with Crippen LogP contribution >= 0.6 is 69.0 Å². The lowest BCUT2D eigenvalue weighted by molar-refractivity contribution is -0.108. The van der Waals surface area contributed by atoms with E-state index in [1.54, 1.807) is 6.07 Å². The van der Waals surface area contributed by atoms with Crippen molar-refractivity contribution < 1.29 is 4.79 Å². The summed E-state index contributed by atoms with van der Waals surface area (Å²) in [7, 11) is 0. The third-order valence-corrected chi connectivity index (χ3v) is 5.57. The number of carbonyl (C=O) groups is 1. The SMILES string of the molecule is O=CC1C(c2cc(Cl)c(Cl)c(I)c2)C1(Cl)Cl. The van der Waals surface area contributed by atoms with Crippen LogP contribution in [0.1, 0.15) is 11.5 Å². The van der Waals surface area contributed by atoms with Crippen molar-refractivity contribution in [2.45, 2.75) is 10.3 Å². The van der Waals surface area contributed by atoms with Crippen LogP contribution in [0.15, 0.2) is 12.1 Å². The van der Waals surface area contributed by atoms with Crippen molar-refractivity contribution in [2.24, 2.45) is 5.92 Å². The van der Waals surface area contributed by atoms with Crippen LogP contribution in [0.25, 0.3) is 0 Å². The highest BCUT2D eigenvalue weighted by Crippen LogP contribution is 2.64. The minimum Gasteiger partial charge on any atom is -0.303 e. The van der Waals surface area contributed by atoms with Crippen molar-refractivity contribution in [1.82, 2.24) is 0 Å². The number of benzene rings is 1. The first-order valence-corrected chi connectivity index (χ1v) is 6.96. The molecule has 1 aliphatic rings. The van der Waals surface area contributed by atoms with E-state index in [1.807, 2.05) is 6.07 Å². The number of carbonyl (C=O) groups excluding carboxylic acids is 1. The molecule has 1 aromatic carbocycles. The maximum atomic E-state index is 10.8. The summed E-state index contributed by atoms with van der Waals surface area (Å²) in [6, 6.07) is 3.56. The van der Waals surface area contributed by atoms with E-state index < -0.39 is 4.33 Å². The Morgan fingerprint density at radius 3 is 2.38 bits per heavy atom. The normalized spacial score (nSPS) is 26.6. The molecule has 0 bridgehead atoms. The molecule has 2 rings (SSSR count). The Hall–Kier alpha value is 0.780. The van der Waals surface area contributed by atoms with E-state index in [1.165, 1.54) is 0 Å². The Bertz CT molecular complexity index is 437. The molecule has 0 N–H and O–H groups in total. The summed E-state index contributed by atoms with van der Waals surface area (Å²) in [5, 5.41) is 0.952. The molecule has 0 amide bonds. The maximum Gasteiger partial charge on any atom is 0.136 e. The van der Waals surface area contributed by atoms with Crippen molar-refractivity contribution in [3.63, 3.8) is 0 Å². The van der Waals surface area contributed by atoms with Gasteiger partial charge in [-0.05, 0) is 40.3 Å². The molecule has 2 unspecified atom stereocenters. The zero-order chi connectivity index (χ0) is 12.1. The van der Waals surface area contributed by atoms with E-state index >= 15 is 0 Å². The van der Waals surface area contributed by atoms with Crippen molar-refractivity contribution in [3.8, 4) is 0 Å². The lowest BCUT2D eigenvalue weighted by Crippen LogP contribution is -1.91. The number of hydrogen-bond acceptors (Lipinski definition) is 1. The standard InChI is InChI=1S/C10H5Cl4IO/c11-6-1-4(2-7(15)9(6)12)8-5(3-16)10(8,13)14/h1-3,5,8H. The summed E-state index contributed by atoms with van der Waals surface area (Å²) in [6.45, 7) is 0. The predicted octanol–water partition coefficient (Wildman–Crippen LogP) is 4.68. The van der Waals surface area contributed by atoms with Gasteiger partial charge in [0.1, 0.15) is 10.6 Å². The number of hydrogen-bond donors (Lipinski definition) is 0. The predicted molar refractivity (Wildman–Crippen MR) is 75.9 cm³/mol. The van der Waals surface area contributed by atoms with E-state index in [4.69, 9.17) is 46.4 Å². The Morgan fingerprint density at radius 1 is 1.31 bits per heavy atom. The van der Waals surface area contributed by atoms with Crippen LogP contribution in [0.4, 0.5) is 0 Å². The van der Waals surface area contributed by atoms with E-state index in [9.17, 15) is 4.79 Å². The second-order valence-electron chi connectivity index (χ2n) is 3.61. The zero-order valence-electron chi connectivity index (χ0n) is 7.68. The third-order valence-electron chi connectivity index (χ3n) is 2.62. The molecular formula is C10H5Cl4IO. The van der Waals surface area contributed by atoms with Crippen molar-refractivity contribution >= 4 is 75.3 Å². The second-order valence-corrected chi connectivity index (χ2v) is 7.00. The quantitative estimate of drug-likeness (QED) is 0.300. The van der Waals surface area contributed by atoms with Crippen LogP contribution in [0.5, 0.6) is 0 Å². The summed E-state index contributed by atoms with van der Waals surface area (Å²) < 4.78 is -0.190. The van der Waals surface area contributed by atoms with Gasteiger partial charge in [-0.2, -0.15) is 0 Å². The lowest BCUT2D eigenvalue weighted by Gasteiger charge is -2.05. The number of halogens is 5. The highest BCUT2D eigenvalue weighted by Gasteiger charge is 2.64. The highest BCUT2D eigenvalue weighted by atomic mass is 127. The molecule has 1 aromatic rings. The zero-order valence-corrected chi connectivity index (χ0v) is 12.9. The van der Waals surface area contributed by atoms with E-state index in [2.05, 4.69) is 22.6 Å². The van der Waals surface area contributed by atoms with Gasteiger partial charge in [0.25, 0.3) is 0 Å². The molecule has 6 heteroatoms. The molecule has 16 heavy (non-hydrogen) atoms. The number of alkyl halides is 2.